The molecule has 1 saturated heterocycles. The van der Waals surface area contributed by atoms with Crippen LogP contribution in [0.3, 0.4) is 0 Å². The first-order valence-electron chi connectivity index (χ1n) is 11.4. The number of amides is 2. The maximum atomic E-state index is 12.6. The molecule has 0 saturated carbocycles. The van der Waals surface area contributed by atoms with Gasteiger partial charge in [-0.25, -0.2) is 0 Å². The lowest BCUT2D eigenvalue weighted by Crippen LogP contribution is -2.32. The fourth-order valence-electron chi connectivity index (χ4n) is 4.24. The molecule has 4 rings (SSSR count). The van der Waals surface area contributed by atoms with E-state index in [1.807, 2.05) is 38.1 Å². The third-order valence-corrected chi connectivity index (χ3v) is 6.83. The Hall–Kier alpha value is -2.77. The van der Waals surface area contributed by atoms with E-state index in [-0.39, 0.29) is 17.9 Å². The molecule has 2 N–H and O–H groups in total. The zero-order valence-electron chi connectivity index (χ0n) is 19.2. The molecule has 3 aromatic rings. The van der Waals surface area contributed by atoms with Gasteiger partial charge in [0.15, 0.2) is 0 Å². The number of nitrogens with one attached hydrogen (secondary N) is 2. The number of hydrogen-bond donors (Lipinski definition) is 2. The topological polar surface area (TPSA) is 72.4 Å². The van der Waals surface area contributed by atoms with Crippen LogP contribution in [0.5, 0.6) is 0 Å². The fraction of sp³-hybridized carbons (Fsp3) is 0.385. The first-order valence-corrected chi connectivity index (χ1v) is 12.4. The van der Waals surface area contributed by atoms with Crippen molar-refractivity contribution in [2.75, 3.05) is 25.4 Å². The van der Waals surface area contributed by atoms with Crippen LogP contribution >= 0.6 is 11.8 Å². The molecule has 1 aliphatic rings. The summed E-state index contributed by atoms with van der Waals surface area (Å²) >= 11 is 1.54. The van der Waals surface area contributed by atoms with E-state index in [1.54, 1.807) is 11.8 Å². The Balaban J connectivity index is 1.34. The van der Waals surface area contributed by atoms with Crippen LogP contribution in [-0.2, 0) is 16.1 Å². The summed E-state index contributed by atoms with van der Waals surface area (Å²) in [4.78, 5) is 25.9. The Kier molecular flexibility index (Phi) is 7.73. The van der Waals surface area contributed by atoms with Gasteiger partial charge in [0.05, 0.1) is 11.9 Å². The van der Waals surface area contributed by atoms with Crippen LogP contribution < -0.4 is 10.6 Å². The van der Waals surface area contributed by atoms with Gasteiger partial charge >= 0.3 is 0 Å². The van der Waals surface area contributed by atoms with Crippen LogP contribution in [0.15, 0.2) is 53.6 Å². The Morgan fingerprint density at radius 3 is 2.67 bits per heavy atom. The lowest BCUT2D eigenvalue weighted by Gasteiger charge is -2.10. The van der Waals surface area contributed by atoms with E-state index in [9.17, 15) is 9.59 Å². The molecule has 33 heavy (non-hydrogen) atoms. The highest BCUT2D eigenvalue weighted by Gasteiger charge is 2.17. The standard InChI is InChI=1S/C26H31N3O3S/c1-18-12-19(2)14-20(13-18)26(31)27-9-10-29-16-24(22-7-3-4-8-23(22)29)33-17-25(30)28-15-21-6-5-11-32-21/h3-4,7-8,12-14,16,21H,5-6,9-11,15,17H2,1-2H3,(H,27,31)(H,28,30)/t21-/m0/s1. The van der Waals surface area contributed by atoms with Gasteiger partial charge in [-0.2, -0.15) is 0 Å². The molecule has 6 nitrogen and oxygen atoms in total. The largest absolute Gasteiger partial charge is 0.376 e. The molecule has 174 valence electrons. The molecule has 1 aliphatic heterocycles. The van der Waals surface area contributed by atoms with Gasteiger partial charge < -0.3 is 19.9 Å². The number of hydrogen-bond acceptors (Lipinski definition) is 4. The molecule has 2 amide bonds. The number of thioether (sulfide) groups is 1. The van der Waals surface area contributed by atoms with Crippen LogP contribution in [-0.4, -0.2) is 47.9 Å². The molecule has 0 radical (unpaired) electrons. The summed E-state index contributed by atoms with van der Waals surface area (Å²) in [5.74, 6) is 0.327. The Morgan fingerprint density at radius 2 is 1.91 bits per heavy atom. The second-order valence-corrected chi connectivity index (χ2v) is 9.58. The van der Waals surface area contributed by atoms with E-state index in [1.165, 1.54) is 0 Å². The molecule has 0 bridgehead atoms. The maximum absolute atomic E-state index is 12.6. The summed E-state index contributed by atoms with van der Waals surface area (Å²) in [5, 5.41) is 7.13. The van der Waals surface area contributed by atoms with E-state index in [0.29, 0.717) is 31.0 Å². The first kappa shape index (κ1) is 23.4. The second kappa shape index (κ2) is 10.9. The number of carbonyl (C=O) groups excluding carboxylic acids is 2. The van der Waals surface area contributed by atoms with Crippen molar-refractivity contribution in [1.29, 1.82) is 0 Å². The Morgan fingerprint density at radius 1 is 1.12 bits per heavy atom. The molecule has 7 heteroatoms. The molecule has 1 fully saturated rings. The van der Waals surface area contributed by atoms with Gasteiger partial charge in [0.1, 0.15) is 0 Å². The molecule has 0 unspecified atom stereocenters. The third kappa shape index (κ3) is 6.18. The van der Waals surface area contributed by atoms with Gasteiger partial charge in [-0.05, 0) is 44.9 Å². The van der Waals surface area contributed by atoms with E-state index in [0.717, 1.165) is 46.4 Å². The minimum atomic E-state index is -0.0595. The second-order valence-electron chi connectivity index (χ2n) is 8.56. The highest BCUT2D eigenvalue weighted by atomic mass is 32.2. The van der Waals surface area contributed by atoms with Gasteiger partial charge in [0.2, 0.25) is 5.91 Å². The van der Waals surface area contributed by atoms with Crippen LogP contribution in [0.25, 0.3) is 10.9 Å². The summed E-state index contributed by atoms with van der Waals surface area (Å²) in [7, 11) is 0. The van der Waals surface area contributed by atoms with Crippen LogP contribution in [0, 0.1) is 13.8 Å². The summed E-state index contributed by atoms with van der Waals surface area (Å²) in [5.41, 5.74) is 3.95. The monoisotopic (exact) mass is 465 g/mol. The van der Waals surface area contributed by atoms with Gasteiger partial charge in [-0.3, -0.25) is 9.59 Å². The zero-order chi connectivity index (χ0) is 23.2. The van der Waals surface area contributed by atoms with E-state index >= 15 is 0 Å². The van der Waals surface area contributed by atoms with Crippen molar-refractivity contribution in [3.63, 3.8) is 0 Å². The summed E-state index contributed by atoms with van der Waals surface area (Å²) in [6.07, 6.45) is 4.31. The van der Waals surface area contributed by atoms with E-state index < -0.39 is 0 Å². The van der Waals surface area contributed by atoms with Crippen molar-refractivity contribution in [2.45, 2.75) is 44.2 Å². The predicted molar refractivity (Wildman–Crippen MR) is 133 cm³/mol. The number of para-hydroxylation sites is 1. The number of nitrogens with zero attached hydrogens (tertiary/aromatic N) is 1. The number of rotatable bonds is 9. The van der Waals surface area contributed by atoms with Crippen molar-refractivity contribution < 1.29 is 14.3 Å². The number of benzene rings is 2. The van der Waals surface area contributed by atoms with Crippen molar-refractivity contribution >= 4 is 34.5 Å². The van der Waals surface area contributed by atoms with Gasteiger partial charge in [0, 0.05) is 53.8 Å². The quantitative estimate of drug-likeness (QED) is 0.467. The molecule has 0 spiro atoms. The normalized spacial score (nSPS) is 15.6. The highest BCUT2D eigenvalue weighted by molar-refractivity contribution is 8.00. The van der Waals surface area contributed by atoms with E-state index in [4.69, 9.17) is 4.74 Å². The molecule has 1 aromatic heterocycles. The number of carbonyl (C=O) groups is 2. The van der Waals surface area contributed by atoms with Gasteiger partial charge in [-0.1, -0.05) is 35.4 Å². The van der Waals surface area contributed by atoms with Crippen molar-refractivity contribution in [3.05, 3.63) is 65.4 Å². The van der Waals surface area contributed by atoms with Crippen molar-refractivity contribution in [1.82, 2.24) is 15.2 Å². The zero-order valence-corrected chi connectivity index (χ0v) is 20.0. The Bertz CT molecular complexity index is 1110. The average Bonchev–Trinajstić information content (AvgIpc) is 3.44. The number of ether oxygens (including phenoxy) is 1. The fourth-order valence-corrected chi connectivity index (χ4v) is 5.16. The maximum Gasteiger partial charge on any atom is 0.251 e. The van der Waals surface area contributed by atoms with Gasteiger partial charge in [0.25, 0.3) is 5.91 Å². The number of aromatic nitrogens is 1. The smallest absolute Gasteiger partial charge is 0.251 e. The minimum Gasteiger partial charge on any atom is -0.376 e. The molecule has 2 aromatic carbocycles. The highest BCUT2D eigenvalue weighted by Crippen LogP contribution is 2.29. The van der Waals surface area contributed by atoms with Crippen LogP contribution in [0.2, 0.25) is 0 Å². The van der Waals surface area contributed by atoms with Crippen molar-refractivity contribution in [2.24, 2.45) is 0 Å². The van der Waals surface area contributed by atoms with Gasteiger partial charge in [-0.15, -0.1) is 11.8 Å². The molecule has 0 aliphatic carbocycles. The van der Waals surface area contributed by atoms with Crippen LogP contribution in [0.1, 0.15) is 34.3 Å². The summed E-state index contributed by atoms with van der Waals surface area (Å²) in [6, 6.07) is 14.0. The van der Waals surface area contributed by atoms with E-state index in [2.05, 4.69) is 39.6 Å². The van der Waals surface area contributed by atoms with Crippen LogP contribution in [0.4, 0.5) is 0 Å². The number of fused-ring (bicyclic) bond motifs is 1. The molecular formula is C26H31N3O3S. The average molecular weight is 466 g/mol. The Labute approximate surface area is 199 Å². The lowest BCUT2D eigenvalue weighted by atomic mass is 10.1. The molecule has 2 heterocycles. The number of aryl methyl sites for hydroxylation is 2. The SMILES string of the molecule is Cc1cc(C)cc(C(=O)NCCn2cc(SCC(=O)NC[C@@H]3CCCO3)c3ccccc32)c1. The third-order valence-electron chi connectivity index (χ3n) is 5.78. The first-order chi connectivity index (χ1) is 16.0. The molecule has 1 atom stereocenters. The molecular weight excluding hydrogens is 434 g/mol. The van der Waals surface area contributed by atoms with Crippen molar-refractivity contribution in [3.8, 4) is 0 Å². The summed E-state index contributed by atoms with van der Waals surface area (Å²) < 4.78 is 7.71. The predicted octanol–water partition coefficient (Wildman–Crippen LogP) is 4.08. The lowest BCUT2D eigenvalue weighted by molar-refractivity contribution is -0.119. The minimum absolute atomic E-state index is 0.0213. The summed E-state index contributed by atoms with van der Waals surface area (Å²) in [6.45, 7) is 6.55.